The number of aryl methyl sites for hydroxylation is 1. The molecule has 14 heavy (non-hydrogen) atoms. The molecule has 1 nitrogen and oxygen atoms in total. The molecule has 1 heteroatoms. The van der Waals surface area contributed by atoms with E-state index < -0.39 is 0 Å². The number of pyridine rings is 1. The van der Waals surface area contributed by atoms with Gasteiger partial charge in [-0.2, -0.15) is 0 Å². The molecule has 0 N–H and O–H groups in total. The summed E-state index contributed by atoms with van der Waals surface area (Å²) in [5.74, 6) is 0.694. The Bertz CT molecular complexity index is 322. The van der Waals surface area contributed by atoms with Crippen LogP contribution in [0.25, 0.3) is 0 Å². The Morgan fingerprint density at radius 1 is 1.36 bits per heavy atom. The van der Waals surface area contributed by atoms with Gasteiger partial charge in [0.1, 0.15) is 0 Å². The zero-order chi connectivity index (χ0) is 10.2. The first-order chi connectivity index (χ1) is 6.59. The lowest BCUT2D eigenvalue weighted by atomic mass is 9.70. The lowest BCUT2D eigenvalue weighted by Gasteiger charge is -2.35. The number of nitrogens with zero attached hydrogens (tertiary/aromatic N) is 1. The number of hydrogen-bond donors (Lipinski definition) is 0. The van der Waals surface area contributed by atoms with Crippen LogP contribution in [0, 0.1) is 5.41 Å². The highest BCUT2D eigenvalue weighted by Crippen LogP contribution is 2.42. The molecule has 0 saturated carbocycles. The number of rotatable bonds is 0. The summed E-state index contributed by atoms with van der Waals surface area (Å²) in [6.45, 7) is 7.00. The normalized spacial score (nSPS) is 21.8. The van der Waals surface area contributed by atoms with E-state index in [1.807, 2.05) is 6.20 Å². The van der Waals surface area contributed by atoms with Gasteiger partial charge >= 0.3 is 0 Å². The molecule has 0 spiro atoms. The van der Waals surface area contributed by atoms with Crippen LogP contribution in [0.1, 0.15) is 50.7 Å². The molecule has 0 aliphatic heterocycles. The van der Waals surface area contributed by atoms with Crippen LogP contribution >= 0.6 is 0 Å². The summed E-state index contributed by atoms with van der Waals surface area (Å²) in [5.41, 5.74) is 3.38. The van der Waals surface area contributed by atoms with E-state index in [2.05, 4.69) is 38.0 Å². The third-order valence-electron chi connectivity index (χ3n) is 3.31. The quantitative estimate of drug-likeness (QED) is 0.608. The summed E-state index contributed by atoms with van der Waals surface area (Å²) < 4.78 is 0. The number of hydrogen-bond acceptors (Lipinski definition) is 1. The fourth-order valence-corrected chi connectivity index (χ4v) is 2.53. The fourth-order valence-electron chi connectivity index (χ4n) is 2.53. The van der Waals surface area contributed by atoms with Crippen molar-refractivity contribution in [2.45, 2.75) is 46.0 Å². The smallest absolute Gasteiger partial charge is 0.0305 e. The van der Waals surface area contributed by atoms with Crippen molar-refractivity contribution < 1.29 is 0 Å². The summed E-state index contributed by atoms with van der Waals surface area (Å²) >= 11 is 0. The van der Waals surface area contributed by atoms with E-state index in [0.717, 1.165) is 0 Å². The summed E-state index contributed by atoms with van der Waals surface area (Å²) in [7, 11) is 0. The molecule has 0 bridgehead atoms. The van der Waals surface area contributed by atoms with Crippen LogP contribution in [-0.2, 0) is 6.42 Å². The van der Waals surface area contributed by atoms with Gasteiger partial charge in [0.2, 0.25) is 0 Å². The van der Waals surface area contributed by atoms with E-state index >= 15 is 0 Å². The van der Waals surface area contributed by atoms with Gasteiger partial charge < -0.3 is 0 Å². The maximum atomic E-state index is 4.26. The molecule has 0 fully saturated rings. The van der Waals surface area contributed by atoms with Gasteiger partial charge in [-0.05, 0) is 47.8 Å². The van der Waals surface area contributed by atoms with Gasteiger partial charge in [0.05, 0.1) is 0 Å². The zero-order valence-corrected chi connectivity index (χ0v) is 9.38. The average molecular weight is 189 g/mol. The maximum Gasteiger partial charge on any atom is 0.0305 e. The third-order valence-corrected chi connectivity index (χ3v) is 3.31. The molecule has 1 aliphatic carbocycles. The second kappa shape index (κ2) is 3.38. The minimum absolute atomic E-state index is 0.373. The second-order valence-corrected chi connectivity index (χ2v) is 5.39. The van der Waals surface area contributed by atoms with E-state index in [9.17, 15) is 0 Å². The third kappa shape index (κ3) is 1.68. The van der Waals surface area contributed by atoms with Gasteiger partial charge in [0.15, 0.2) is 0 Å². The summed E-state index contributed by atoms with van der Waals surface area (Å²) in [6.07, 6.45) is 7.89. The van der Waals surface area contributed by atoms with Crippen molar-refractivity contribution in [1.29, 1.82) is 0 Å². The van der Waals surface area contributed by atoms with Gasteiger partial charge in [0, 0.05) is 12.4 Å². The molecular weight excluding hydrogens is 170 g/mol. The standard InChI is InChI=1S/C13H19N/c1-13(2,3)12-6-4-5-10-7-8-14-9-11(10)12/h7-9,12H,4-6H2,1-3H3. The van der Waals surface area contributed by atoms with Crippen molar-refractivity contribution in [2.75, 3.05) is 0 Å². The SMILES string of the molecule is CC(C)(C)C1CCCc2ccncc21. The fraction of sp³-hybridized carbons (Fsp3) is 0.615. The van der Waals surface area contributed by atoms with Crippen LogP contribution in [0.15, 0.2) is 18.5 Å². The van der Waals surface area contributed by atoms with Crippen molar-refractivity contribution in [1.82, 2.24) is 4.98 Å². The summed E-state index contributed by atoms with van der Waals surface area (Å²) in [6, 6.07) is 2.19. The molecule has 1 aromatic rings. The molecule has 0 saturated heterocycles. The highest BCUT2D eigenvalue weighted by atomic mass is 14.6. The predicted molar refractivity (Wildman–Crippen MR) is 59.4 cm³/mol. The van der Waals surface area contributed by atoms with Gasteiger partial charge in [-0.1, -0.05) is 20.8 Å². The lowest BCUT2D eigenvalue weighted by molar-refractivity contribution is 0.289. The summed E-state index contributed by atoms with van der Waals surface area (Å²) in [4.78, 5) is 4.26. The van der Waals surface area contributed by atoms with Crippen LogP contribution in [-0.4, -0.2) is 4.98 Å². The monoisotopic (exact) mass is 189 g/mol. The maximum absolute atomic E-state index is 4.26. The van der Waals surface area contributed by atoms with Gasteiger partial charge in [-0.25, -0.2) is 0 Å². The number of fused-ring (bicyclic) bond motifs is 1. The van der Waals surface area contributed by atoms with E-state index in [4.69, 9.17) is 0 Å². The predicted octanol–water partition coefficient (Wildman–Crippen LogP) is 3.55. The largest absolute Gasteiger partial charge is 0.264 e. The Morgan fingerprint density at radius 2 is 2.14 bits per heavy atom. The van der Waals surface area contributed by atoms with Crippen LogP contribution < -0.4 is 0 Å². The van der Waals surface area contributed by atoms with Crippen LogP contribution in [0.3, 0.4) is 0 Å². The molecule has 1 unspecified atom stereocenters. The Labute approximate surface area is 86.6 Å². The first kappa shape index (κ1) is 9.70. The van der Waals surface area contributed by atoms with E-state index in [1.165, 1.54) is 30.4 Å². The Hall–Kier alpha value is -0.850. The Kier molecular flexibility index (Phi) is 2.34. The van der Waals surface area contributed by atoms with Crippen molar-refractivity contribution >= 4 is 0 Å². The van der Waals surface area contributed by atoms with E-state index in [0.29, 0.717) is 11.3 Å². The van der Waals surface area contributed by atoms with E-state index in [-0.39, 0.29) is 0 Å². The highest BCUT2D eigenvalue weighted by molar-refractivity contribution is 5.30. The molecule has 76 valence electrons. The second-order valence-electron chi connectivity index (χ2n) is 5.39. The minimum atomic E-state index is 0.373. The van der Waals surface area contributed by atoms with Crippen LogP contribution in [0.5, 0.6) is 0 Å². The van der Waals surface area contributed by atoms with Crippen molar-refractivity contribution in [3.05, 3.63) is 29.6 Å². The molecule has 1 heterocycles. The molecule has 0 radical (unpaired) electrons. The van der Waals surface area contributed by atoms with Gasteiger partial charge in [-0.3, -0.25) is 4.98 Å². The molecule has 0 aromatic carbocycles. The van der Waals surface area contributed by atoms with Crippen molar-refractivity contribution in [3.8, 4) is 0 Å². The Morgan fingerprint density at radius 3 is 2.86 bits per heavy atom. The van der Waals surface area contributed by atoms with Crippen LogP contribution in [0.4, 0.5) is 0 Å². The summed E-state index contributed by atoms with van der Waals surface area (Å²) in [5, 5.41) is 0. The van der Waals surface area contributed by atoms with Crippen molar-refractivity contribution in [2.24, 2.45) is 5.41 Å². The average Bonchev–Trinajstić information content (AvgIpc) is 2.15. The van der Waals surface area contributed by atoms with Gasteiger partial charge in [0.25, 0.3) is 0 Å². The van der Waals surface area contributed by atoms with E-state index in [1.54, 1.807) is 0 Å². The highest BCUT2D eigenvalue weighted by Gasteiger charge is 2.30. The molecular formula is C13H19N. The number of aromatic nitrogens is 1. The molecule has 1 aromatic heterocycles. The topological polar surface area (TPSA) is 12.9 Å². The van der Waals surface area contributed by atoms with Crippen LogP contribution in [0.2, 0.25) is 0 Å². The molecule has 0 amide bonds. The van der Waals surface area contributed by atoms with Gasteiger partial charge in [-0.15, -0.1) is 0 Å². The Balaban J connectivity index is 2.41. The first-order valence-corrected chi connectivity index (χ1v) is 5.52. The first-order valence-electron chi connectivity index (χ1n) is 5.52. The lowest BCUT2D eigenvalue weighted by Crippen LogP contribution is -2.23. The molecule has 1 atom stereocenters. The minimum Gasteiger partial charge on any atom is -0.264 e. The molecule has 1 aliphatic rings. The van der Waals surface area contributed by atoms with Crippen molar-refractivity contribution in [3.63, 3.8) is 0 Å². The molecule has 2 rings (SSSR count). The zero-order valence-electron chi connectivity index (χ0n) is 9.38.